The van der Waals surface area contributed by atoms with E-state index in [2.05, 4.69) is 21.2 Å². The Morgan fingerprint density at radius 1 is 1.30 bits per heavy atom. The van der Waals surface area contributed by atoms with E-state index in [4.69, 9.17) is 17.3 Å². The van der Waals surface area contributed by atoms with Crippen LogP contribution in [0.3, 0.4) is 0 Å². The highest BCUT2D eigenvalue weighted by Gasteiger charge is 2.33. The number of anilines is 1. The van der Waals surface area contributed by atoms with Crippen LogP contribution in [-0.2, 0) is 0 Å². The van der Waals surface area contributed by atoms with E-state index in [0.29, 0.717) is 27.4 Å². The van der Waals surface area contributed by atoms with Crippen molar-refractivity contribution in [2.45, 2.75) is 6.04 Å². The summed E-state index contributed by atoms with van der Waals surface area (Å²) in [5, 5.41) is 3.16. The molecule has 1 unspecified atom stereocenters. The van der Waals surface area contributed by atoms with Crippen LogP contribution in [0.2, 0.25) is 5.02 Å². The standard InChI is InChI=1S/C14H9BrClFN2O/c15-6-3-9-12(11(18)4-6)13(19-14(9)20)8-5-7(17)1-2-10(8)16/h1-5,13H,18H2,(H,19,20). The highest BCUT2D eigenvalue weighted by atomic mass is 79.9. The van der Waals surface area contributed by atoms with Crippen molar-refractivity contribution in [2.75, 3.05) is 5.73 Å². The van der Waals surface area contributed by atoms with Gasteiger partial charge in [0.15, 0.2) is 0 Å². The van der Waals surface area contributed by atoms with Gasteiger partial charge in [-0.05, 0) is 30.3 Å². The molecule has 1 aliphatic heterocycles. The van der Waals surface area contributed by atoms with E-state index in [-0.39, 0.29) is 5.91 Å². The smallest absolute Gasteiger partial charge is 0.252 e. The lowest BCUT2D eigenvalue weighted by Crippen LogP contribution is -2.20. The molecule has 2 aromatic rings. The number of carbonyl (C=O) groups excluding carboxylic acids is 1. The molecule has 0 aromatic heterocycles. The fourth-order valence-corrected chi connectivity index (χ4v) is 3.10. The van der Waals surface area contributed by atoms with Gasteiger partial charge < -0.3 is 11.1 Å². The summed E-state index contributed by atoms with van der Waals surface area (Å²) in [5.41, 5.74) is 8.05. The second-order valence-electron chi connectivity index (χ2n) is 4.53. The molecular weight excluding hydrogens is 347 g/mol. The van der Waals surface area contributed by atoms with E-state index in [1.54, 1.807) is 12.1 Å². The van der Waals surface area contributed by atoms with Gasteiger partial charge in [-0.3, -0.25) is 4.79 Å². The molecule has 1 heterocycles. The van der Waals surface area contributed by atoms with Crippen molar-refractivity contribution in [1.82, 2.24) is 5.32 Å². The van der Waals surface area contributed by atoms with Gasteiger partial charge in [0.2, 0.25) is 0 Å². The first kappa shape index (κ1) is 13.4. The van der Waals surface area contributed by atoms with Crippen molar-refractivity contribution in [3.05, 3.63) is 62.3 Å². The quantitative estimate of drug-likeness (QED) is 0.767. The SMILES string of the molecule is Nc1cc(Br)cc2c1C(c1cc(F)ccc1Cl)NC2=O. The second-order valence-corrected chi connectivity index (χ2v) is 5.85. The Hall–Kier alpha value is -1.59. The maximum absolute atomic E-state index is 13.4. The number of carbonyl (C=O) groups is 1. The third-order valence-electron chi connectivity index (χ3n) is 3.25. The number of fused-ring (bicyclic) bond motifs is 1. The molecule has 1 atom stereocenters. The molecule has 0 saturated carbocycles. The summed E-state index contributed by atoms with van der Waals surface area (Å²) in [5.74, 6) is -0.666. The van der Waals surface area contributed by atoms with Crippen LogP contribution in [0.1, 0.15) is 27.5 Å². The molecule has 0 spiro atoms. The summed E-state index contributed by atoms with van der Waals surface area (Å²) in [7, 11) is 0. The largest absolute Gasteiger partial charge is 0.398 e. The van der Waals surface area contributed by atoms with Crippen LogP contribution >= 0.6 is 27.5 Å². The molecule has 3 rings (SSSR count). The van der Waals surface area contributed by atoms with E-state index >= 15 is 0 Å². The lowest BCUT2D eigenvalue weighted by molar-refractivity contribution is 0.0960. The Kier molecular flexibility index (Phi) is 3.18. The van der Waals surface area contributed by atoms with E-state index in [9.17, 15) is 9.18 Å². The van der Waals surface area contributed by atoms with Crippen molar-refractivity contribution >= 4 is 39.1 Å². The van der Waals surface area contributed by atoms with Gasteiger partial charge in [-0.2, -0.15) is 0 Å². The predicted octanol–water partition coefficient (Wildman–Crippen LogP) is 3.66. The van der Waals surface area contributed by atoms with Crippen molar-refractivity contribution in [3.8, 4) is 0 Å². The third kappa shape index (κ3) is 2.07. The van der Waals surface area contributed by atoms with Crippen LogP contribution < -0.4 is 11.1 Å². The fraction of sp³-hybridized carbons (Fsp3) is 0.0714. The number of halogens is 3. The molecule has 0 radical (unpaired) electrons. The first-order valence-corrected chi connectivity index (χ1v) is 6.99. The highest BCUT2D eigenvalue weighted by molar-refractivity contribution is 9.10. The van der Waals surface area contributed by atoms with Crippen LogP contribution in [0.4, 0.5) is 10.1 Å². The summed E-state index contributed by atoms with van der Waals surface area (Å²) in [6.07, 6.45) is 0. The molecule has 0 saturated heterocycles. The normalized spacial score (nSPS) is 16.9. The van der Waals surface area contributed by atoms with Crippen molar-refractivity contribution in [1.29, 1.82) is 0 Å². The van der Waals surface area contributed by atoms with Crippen LogP contribution in [0.15, 0.2) is 34.8 Å². The fourth-order valence-electron chi connectivity index (χ4n) is 2.40. The van der Waals surface area contributed by atoms with Crippen LogP contribution in [0, 0.1) is 5.82 Å². The Morgan fingerprint density at radius 2 is 2.05 bits per heavy atom. The van der Waals surface area contributed by atoms with Gasteiger partial charge in [-0.25, -0.2) is 4.39 Å². The maximum Gasteiger partial charge on any atom is 0.252 e. The minimum atomic E-state index is -0.534. The van der Waals surface area contributed by atoms with Gasteiger partial charge in [0.1, 0.15) is 5.82 Å². The minimum absolute atomic E-state index is 0.252. The number of nitrogens with one attached hydrogen (secondary N) is 1. The Morgan fingerprint density at radius 3 is 2.80 bits per heavy atom. The third-order valence-corrected chi connectivity index (χ3v) is 4.06. The van der Waals surface area contributed by atoms with Crippen LogP contribution in [0.25, 0.3) is 0 Å². The Balaban J connectivity index is 2.21. The lowest BCUT2D eigenvalue weighted by Gasteiger charge is -2.16. The number of nitrogen functional groups attached to an aromatic ring is 1. The average molecular weight is 356 g/mol. The number of hydrogen-bond acceptors (Lipinski definition) is 2. The molecule has 0 bridgehead atoms. The minimum Gasteiger partial charge on any atom is -0.398 e. The predicted molar refractivity (Wildman–Crippen MR) is 79.3 cm³/mol. The summed E-state index contributed by atoms with van der Waals surface area (Å²) < 4.78 is 14.1. The Bertz CT molecular complexity index is 735. The molecular formula is C14H9BrClFN2O. The average Bonchev–Trinajstić information content (AvgIpc) is 2.70. The lowest BCUT2D eigenvalue weighted by atomic mass is 9.96. The molecule has 20 heavy (non-hydrogen) atoms. The maximum atomic E-state index is 13.4. The molecule has 0 aliphatic carbocycles. The zero-order chi connectivity index (χ0) is 14.4. The summed E-state index contributed by atoms with van der Waals surface area (Å²) in [6.45, 7) is 0. The topological polar surface area (TPSA) is 55.1 Å². The first-order chi connectivity index (χ1) is 9.47. The number of amides is 1. The number of rotatable bonds is 1. The van der Waals surface area contributed by atoms with Gasteiger partial charge in [0.25, 0.3) is 5.91 Å². The van der Waals surface area contributed by atoms with E-state index in [1.807, 2.05) is 0 Å². The van der Waals surface area contributed by atoms with Crippen LogP contribution in [-0.4, -0.2) is 5.91 Å². The summed E-state index contributed by atoms with van der Waals surface area (Å²) in [6, 6.07) is 6.91. The van der Waals surface area contributed by atoms with Crippen molar-refractivity contribution in [3.63, 3.8) is 0 Å². The zero-order valence-electron chi connectivity index (χ0n) is 10.1. The number of nitrogens with two attached hydrogens (primary N) is 1. The molecule has 6 heteroatoms. The zero-order valence-corrected chi connectivity index (χ0v) is 12.4. The molecule has 0 fully saturated rings. The van der Waals surface area contributed by atoms with Gasteiger partial charge in [0, 0.05) is 31.9 Å². The monoisotopic (exact) mass is 354 g/mol. The number of benzene rings is 2. The second kappa shape index (κ2) is 4.75. The molecule has 1 aliphatic rings. The number of hydrogen-bond donors (Lipinski definition) is 2. The van der Waals surface area contributed by atoms with Gasteiger partial charge in [-0.1, -0.05) is 27.5 Å². The van der Waals surface area contributed by atoms with E-state index < -0.39 is 11.9 Å². The van der Waals surface area contributed by atoms with Gasteiger partial charge in [0.05, 0.1) is 6.04 Å². The van der Waals surface area contributed by atoms with E-state index in [0.717, 1.165) is 4.47 Å². The van der Waals surface area contributed by atoms with Gasteiger partial charge in [-0.15, -0.1) is 0 Å². The highest BCUT2D eigenvalue weighted by Crippen LogP contribution is 2.39. The molecule has 3 nitrogen and oxygen atoms in total. The van der Waals surface area contributed by atoms with Crippen molar-refractivity contribution < 1.29 is 9.18 Å². The van der Waals surface area contributed by atoms with Crippen molar-refractivity contribution in [2.24, 2.45) is 0 Å². The van der Waals surface area contributed by atoms with Crippen LogP contribution in [0.5, 0.6) is 0 Å². The van der Waals surface area contributed by atoms with Gasteiger partial charge >= 0.3 is 0 Å². The summed E-state index contributed by atoms with van der Waals surface area (Å²) >= 11 is 9.41. The molecule has 3 N–H and O–H groups in total. The summed E-state index contributed by atoms with van der Waals surface area (Å²) in [4.78, 5) is 12.0. The Labute approximate surface area is 128 Å². The molecule has 102 valence electrons. The first-order valence-electron chi connectivity index (χ1n) is 5.82. The molecule has 1 amide bonds. The van der Waals surface area contributed by atoms with E-state index in [1.165, 1.54) is 18.2 Å². The molecule has 2 aromatic carbocycles.